The summed E-state index contributed by atoms with van der Waals surface area (Å²) in [6.45, 7) is 4.81. The van der Waals surface area contributed by atoms with Gasteiger partial charge in [-0.1, -0.05) is 29.3 Å². The van der Waals surface area contributed by atoms with Gasteiger partial charge in [-0.15, -0.1) is 0 Å². The van der Waals surface area contributed by atoms with Crippen molar-refractivity contribution in [1.82, 2.24) is 14.9 Å². The van der Waals surface area contributed by atoms with Crippen molar-refractivity contribution in [3.63, 3.8) is 0 Å². The summed E-state index contributed by atoms with van der Waals surface area (Å²) in [6.07, 6.45) is 1.86. The van der Waals surface area contributed by atoms with Gasteiger partial charge in [0.2, 0.25) is 0 Å². The zero-order chi connectivity index (χ0) is 19.0. The van der Waals surface area contributed by atoms with E-state index in [1.165, 1.54) is 0 Å². The highest BCUT2D eigenvalue weighted by atomic mass is 35.5. The van der Waals surface area contributed by atoms with Gasteiger partial charge in [0, 0.05) is 41.4 Å². The fraction of sp³-hybridized carbons (Fsp3) is 0.350. The van der Waals surface area contributed by atoms with E-state index in [1.807, 2.05) is 24.5 Å². The van der Waals surface area contributed by atoms with E-state index in [0.29, 0.717) is 10.0 Å². The Morgan fingerprint density at radius 2 is 2.11 bits per heavy atom. The molecule has 0 spiro atoms. The monoisotopic (exact) mass is 404 g/mol. The highest BCUT2D eigenvalue weighted by Crippen LogP contribution is 2.32. The van der Waals surface area contributed by atoms with E-state index in [-0.39, 0.29) is 18.7 Å². The van der Waals surface area contributed by atoms with Gasteiger partial charge in [-0.05, 0) is 42.8 Å². The first kappa shape index (κ1) is 18.6. The number of aliphatic hydroxyl groups excluding tert-OH is 1. The van der Waals surface area contributed by atoms with Crippen LogP contribution in [-0.2, 0) is 0 Å². The molecule has 0 bridgehead atoms. The maximum absolute atomic E-state index is 9.46. The van der Waals surface area contributed by atoms with Crippen LogP contribution in [0.25, 0.3) is 11.0 Å². The van der Waals surface area contributed by atoms with Crippen LogP contribution >= 0.6 is 23.2 Å². The number of nitrogens with one attached hydrogen (secondary N) is 1. The van der Waals surface area contributed by atoms with Crippen molar-refractivity contribution in [2.24, 2.45) is 0 Å². The molecule has 3 aromatic rings. The van der Waals surface area contributed by atoms with E-state index < -0.39 is 0 Å². The van der Waals surface area contributed by atoms with Crippen LogP contribution in [0.3, 0.4) is 0 Å². The van der Waals surface area contributed by atoms with Gasteiger partial charge in [0.25, 0.3) is 0 Å². The number of benzene rings is 2. The molecule has 1 saturated heterocycles. The molecule has 27 heavy (non-hydrogen) atoms. The highest BCUT2D eigenvalue weighted by molar-refractivity contribution is 6.35. The lowest BCUT2D eigenvalue weighted by atomic mass is 10.1. The fourth-order valence-corrected chi connectivity index (χ4v) is 4.26. The van der Waals surface area contributed by atoms with Crippen LogP contribution < -0.4 is 10.2 Å². The molecule has 0 aliphatic carbocycles. The summed E-state index contributed by atoms with van der Waals surface area (Å²) in [4.78, 5) is 6.85. The SMILES string of the molecule is C[C@H](c1ccc(Cl)cc1Cl)n1cnc2ccc(N3CCNC(CO)C3)cc21. The molecule has 1 aliphatic heterocycles. The number of aliphatic hydroxyl groups is 1. The standard InChI is InChI=1S/C20H22Cl2N4O/c1-13(17-4-2-14(21)8-18(17)22)26-12-24-19-5-3-16(9-20(19)26)25-7-6-23-15(10-25)11-27/h2-5,8-9,12-13,15,23,27H,6-7,10-11H2,1H3/t13-,15?/m1/s1. The summed E-state index contributed by atoms with van der Waals surface area (Å²) in [5.41, 5.74) is 4.15. The molecule has 0 amide bonds. The Kier molecular flexibility index (Phi) is 5.28. The van der Waals surface area contributed by atoms with Crippen molar-refractivity contribution in [2.45, 2.75) is 19.0 Å². The Hall–Kier alpha value is -1.79. The molecule has 0 radical (unpaired) electrons. The van der Waals surface area contributed by atoms with E-state index in [4.69, 9.17) is 23.2 Å². The van der Waals surface area contributed by atoms with E-state index >= 15 is 0 Å². The van der Waals surface area contributed by atoms with Crippen molar-refractivity contribution in [3.8, 4) is 0 Å². The Balaban J connectivity index is 1.70. The fourth-order valence-electron chi connectivity index (χ4n) is 3.69. The number of hydrogen-bond acceptors (Lipinski definition) is 4. The number of hydrogen-bond donors (Lipinski definition) is 2. The third-order valence-corrected chi connectivity index (χ3v) is 5.79. The summed E-state index contributed by atoms with van der Waals surface area (Å²) < 4.78 is 2.14. The Morgan fingerprint density at radius 3 is 2.89 bits per heavy atom. The van der Waals surface area contributed by atoms with Crippen LogP contribution in [-0.4, -0.2) is 46.9 Å². The number of rotatable bonds is 4. The van der Waals surface area contributed by atoms with E-state index in [0.717, 1.165) is 41.9 Å². The summed E-state index contributed by atoms with van der Waals surface area (Å²) in [6, 6.07) is 12.0. The number of piperazine rings is 1. The second kappa shape index (κ2) is 7.68. The zero-order valence-electron chi connectivity index (χ0n) is 15.1. The minimum absolute atomic E-state index is 0.0308. The first-order chi connectivity index (χ1) is 13.1. The molecule has 2 atom stereocenters. The lowest BCUT2D eigenvalue weighted by Crippen LogP contribution is -2.52. The predicted molar refractivity (Wildman–Crippen MR) is 111 cm³/mol. The van der Waals surface area contributed by atoms with Crippen molar-refractivity contribution >= 4 is 39.9 Å². The summed E-state index contributed by atoms with van der Waals surface area (Å²) in [5.74, 6) is 0. The van der Waals surface area contributed by atoms with Gasteiger partial charge in [-0.2, -0.15) is 0 Å². The lowest BCUT2D eigenvalue weighted by Gasteiger charge is -2.34. The average molecular weight is 405 g/mol. The first-order valence-corrected chi connectivity index (χ1v) is 9.83. The first-order valence-electron chi connectivity index (χ1n) is 9.07. The molecule has 2 aromatic carbocycles. The van der Waals surface area contributed by atoms with E-state index in [2.05, 4.69) is 38.8 Å². The minimum atomic E-state index is 0.0308. The van der Waals surface area contributed by atoms with Crippen LogP contribution in [0, 0.1) is 0 Å². The van der Waals surface area contributed by atoms with Crippen molar-refractivity contribution < 1.29 is 5.11 Å². The molecular weight excluding hydrogens is 383 g/mol. The summed E-state index contributed by atoms with van der Waals surface area (Å²) in [7, 11) is 0. The smallest absolute Gasteiger partial charge is 0.0964 e. The predicted octanol–water partition coefficient (Wildman–Crippen LogP) is 3.72. The Bertz CT molecular complexity index is 958. The molecule has 5 nitrogen and oxygen atoms in total. The molecule has 1 fully saturated rings. The minimum Gasteiger partial charge on any atom is -0.395 e. The molecule has 0 saturated carbocycles. The highest BCUT2D eigenvalue weighted by Gasteiger charge is 2.20. The van der Waals surface area contributed by atoms with Crippen molar-refractivity contribution in [2.75, 3.05) is 31.1 Å². The van der Waals surface area contributed by atoms with Crippen molar-refractivity contribution in [3.05, 3.63) is 58.3 Å². The molecule has 1 aromatic heterocycles. The van der Waals surface area contributed by atoms with Gasteiger partial charge in [0.15, 0.2) is 0 Å². The quantitative estimate of drug-likeness (QED) is 0.695. The number of nitrogens with zero attached hydrogens (tertiary/aromatic N) is 3. The second-order valence-corrected chi connectivity index (χ2v) is 7.79. The van der Waals surface area contributed by atoms with Crippen molar-refractivity contribution in [1.29, 1.82) is 0 Å². The van der Waals surface area contributed by atoms with Crippen LogP contribution in [0.2, 0.25) is 10.0 Å². The largest absolute Gasteiger partial charge is 0.395 e. The van der Waals surface area contributed by atoms with E-state index in [1.54, 1.807) is 6.07 Å². The van der Waals surface area contributed by atoms with E-state index in [9.17, 15) is 5.11 Å². The molecule has 2 heterocycles. The normalized spacial score (nSPS) is 18.8. The molecule has 1 aliphatic rings. The van der Waals surface area contributed by atoms with Crippen LogP contribution in [0.1, 0.15) is 18.5 Å². The third-order valence-electron chi connectivity index (χ3n) is 5.23. The maximum Gasteiger partial charge on any atom is 0.0964 e. The number of halogens is 2. The maximum atomic E-state index is 9.46. The molecule has 1 unspecified atom stereocenters. The van der Waals surface area contributed by atoms with Gasteiger partial charge < -0.3 is 19.9 Å². The molecular formula is C20H22Cl2N4O. The van der Waals surface area contributed by atoms with Gasteiger partial charge in [0.05, 0.1) is 30.0 Å². The van der Waals surface area contributed by atoms with Gasteiger partial charge in [0.1, 0.15) is 0 Å². The van der Waals surface area contributed by atoms with Crippen LogP contribution in [0.5, 0.6) is 0 Å². The average Bonchev–Trinajstić information content (AvgIpc) is 3.11. The molecule has 2 N–H and O–H groups in total. The van der Waals surface area contributed by atoms with Gasteiger partial charge >= 0.3 is 0 Å². The third kappa shape index (κ3) is 3.65. The molecule has 4 rings (SSSR count). The van der Waals surface area contributed by atoms with Crippen LogP contribution in [0.15, 0.2) is 42.7 Å². The zero-order valence-corrected chi connectivity index (χ0v) is 16.6. The summed E-state index contributed by atoms with van der Waals surface area (Å²) >= 11 is 12.5. The number of aromatic nitrogens is 2. The lowest BCUT2D eigenvalue weighted by molar-refractivity contribution is 0.235. The second-order valence-electron chi connectivity index (χ2n) is 6.95. The number of imidazole rings is 1. The van der Waals surface area contributed by atoms with Gasteiger partial charge in [-0.25, -0.2) is 4.98 Å². The van der Waals surface area contributed by atoms with Crippen LogP contribution in [0.4, 0.5) is 5.69 Å². The Labute approximate surface area is 168 Å². The van der Waals surface area contributed by atoms with Gasteiger partial charge in [-0.3, -0.25) is 0 Å². The summed E-state index contributed by atoms with van der Waals surface area (Å²) in [5, 5.41) is 14.1. The molecule has 142 valence electrons. The number of fused-ring (bicyclic) bond motifs is 1. The number of anilines is 1. The topological polar surface area (TPSA) is 53.3 Å². The molecule has 7 heteroatoms. The Morgan fingerprint density at radius 1 is 1.26 bits per heavy atom.